The first-order chi connectivity index (χ1) is 7.97. The molecular weight excluding hydrogens is 227 g/mol. The molecule has 0 aromatic carbocycles. The summed E-state index contributed by atoms with van der Waals surface area (Å²) in [7, 11) is 0. The van der Waals surface area contributed by atoms with Crippen molar-refractivity contribution in [1.29, 1.82) is 0 Å². The van der Waals surface area contributed by atoms with Crippen LogP contribution in [0.2, 0.25) is 0 Å². The highest BCUT2D eigenvalue weighted by atomic mass is 19.1. The van der Waals surface area contributed by atoms with Gasteiger partial charge in [0.05, 0.1) is 0 Å². The molecule has 0 N–H and O–H groups in total. The lowest BCUT2D eigenvalue weighted by Crippen LogP contribution is -2.20. The molecule has 0 saturated carbocycles. The van der Waals surface area contributed by atoms with Crippen molar-refractivity contribution in [3.63, 3.8) is 0 Å². The Labute approximate surface area is 101 Å². The fraction of sp³-hybridized carbons (Fsp3) is 0.833. The summed E-state index contributed by atoms with van der Waals surface area (Å²) in [6, 6.07) is 0. The number of hydrogen-bond acceptors (Lipinski definition) is 4. The van der Waals surface area contributed by atoms with E-state index in [1.807, 2.05) is 20.8 Å². The molecule has 100 valence electrons. The summed E-state index contributed by atoms with van der Waals surface area (Å²) in [5.41, 5.74) is 0. The molecular formula is C12H21FO4. The third-order valence-electron chi connectivity index (χ3n) is 2.36. The van der Waals surface area contributed by atoms with E-state index >= 15 is 0 Å². The number of rotatable bonds is 8. The zero-order chi connectivity index (χ0) is 13.3. The van der Waals surface area contributed by atoms with Crippen LogP contribution in [0.3, 0.4) is 0 Å². The van der Waals surface area contributed by atoms with Crippen LogP contribution in [-0.2, 0) is 19.1 Å². The third kappa shape index (κ3) is 8.65. The van der Waals surface area contributed by atoms with Gasteiger partial charge in [-0.3, -0.25) is 9.59 Å². The molecule has 0 saturated heterocycles. The molecule has 0 rings (SSSR count). The van der Waals surface area contributed by atoms with E-state index in [-0.39, 0.29) is 37.4 Å². The second-order valence-electron chi connectivity index (χ2n) is 4.20. The Bertz CT molecular complexity index is 241. The number of alkyl halides is 1. The minimum Gasteiger partial charge on any atom is -0.463 e. The molecule has 0 aliphatic heterocycles. The maximum atomic E-state index is 11.7. The Morgan fingerprint density at radius 1 is 1.12 bits per heavy atom. The Hall–Kier alpha value is -1.13. The summed E-state index contributed by atoms with van der Waals surface area (Å²) in [4.78, 5) is 22.3. The minimum absolute atomic E-state index is 0.116. The quantitative estimate of drug-likeness (QED) is 0.618. The van der Waals surface area contributed by atoms with E-state index < -0.39 is 12.6 Å². The van der Waals surface area contributed by atoms with Crippen LogP contribution in [0.4, 0.5) is 4.39 Å². The summed E-state index contributed by atoms with van der Waals surface area (Å²) in [6.45, 7) is 4.87. The van der Waals surface area contributed by atoms with Crippen molar-refractivity contribution in [2.45, 2.75) is 46.1 Å². The maximum absolute atomic E-state index is 11.7. The van der Waals surface area contributed by atoms with Crippen molar-refractivity contribution in [1.82, 2.24) is 0 Å². The average Bonchev–Trinajstić information content (AvgIpc) is 2.26. The summed E-state index contributed by atoms with van der Waals surface area (Å²) in [6.07, 6.45) is 0.544. The standard InChI is InChI=1S/C12H21FO4/c1-9(2)10(3)17-12(15)6-4-5-11(14)16-8-7-13/h9-10H,4-8H2,1-3H3. The molecule has 0 aromatic rings. The van der Waals surface area contributed by atoms with Crippen LogP contribution in [0.5, 0.6) is 0 Å². The molecule has 0 aromatic heterocycles. The van der Waals surface area contributed by atoms with Gasteiger partial charge in [0.2, 0.25) is 0 Å². The SMILES string of the molecule is CC(C)C(C)OC(=O)CCCC(=O)OCCF. The molecule has 0 radical (unpaired) electrons. The summed E-state index contributed by atoms with van der Waals surface area (Å²) >= 11 is 0. The highest BCUT2D eigenvalue weighted by Crippen LogP contribution is 2.08. The Kier molecular flexibility index (Phi) is 8.36. The van der Waals surface area contributed by atoms with Crippen molar-refractivity contribution in [3.05, 3.63) is 0 Å². The van der Waals surface area contributed by atoms with E-state index in [1.165, 1.54) is 0 Å². The van der Waals surface area contributed by atoms with Crippen molar-refractivity contribution in [2.24, 2.45) is 5.92 Å². The van der Waals surface area contributed by atoms with Crippen LogP contribution in [0.25, 0.3) is 0 Å². The van der Waals surface area contributed by atoms with Crippen molar-refractivity contribution < 1.29 is 23.5 Å². The maximum Gasteiger partial charge on any atom is 0.306 e. The number of hydrogen-bond donors (Lipinski definition) is 0. The Morgan fingerprint density at radius 3 is 2.24 bits per heavy atom. The van der Waals surface area contributed by atoms with E-state index in [2.05, 4.69) is 4.74 Å². The van der Waals surface area contributed by atoms with Gasteiger partial charge in [-0.15, -0.1) is 0 Å². The van der Waals surface area contributed by atoms with Crippen LogP contribution in [0.15, 0.2) is 0 Å². The number of ether oxygens (including phenoxy) is 2. The van der Waals surface area contributed by atoms with E-state index in [0.29, 0.717) is 6.42 Å². The lowest BCUT2D eigenvalue weighted by Gasteiger charge is -2.16. The van der Waals surface area contributed by atoms with Gasteiger partial charge in [-0.05, 0) is 19.3 Å². The van der Waals surface area contributed by atoms with Crippen LogP contribution in [-0.4, -0.2) is 31.3 Å². The van der Waals surface area contributed by atoms with Gasteiger partial charge in [-0.1, -0.05) is 13.8 Å². The normalized spacial score (nSPS) is 12.3. The van der Waals surface area contributed by atoms with E-state index in [9.17, 15) is 14.0 Å². The molecule has 5 heteroatoms. The predicted molar refractivity (Wildman–Crippen MR) is 61.2 cm³/mol. The van der Waals surface area contributed by atoms with Gasteiger partial charge in [-0.2, -0.15) is 0 Å². The number of carbonyl (C=O) groups is 2. The fourth-order valence-electron chi connectivity index (χ4n) is 1.00. The molecule has 1 atom stereocenters. The Balaban J connectivity index is 3.61. The van der Waals surface area contributed by atoms with Gasteiger partial charge in [-0.25, -0.2) is 4.39 Å². The topological polar surface area (TPSA) is 52.6 Å². The second-order valence-corrected chi connectivity index (χ2v) is 4.20. The molecule has 4 nitrogen and oxygen atoms in total. The summed E-state index contributed by atoms with van der Waals surface area (Å²) < 4.78 is 21.3. The fourth-order valence-corrected chi connectivity index (χ4v) is 1.00. The van der Waals surface area contributed by atoms with Gasteiger partial charge < -0.3 is 9.47 Å². The molecule has 0 amide bonds. The summed E-state index contributed by atoms with van der Waals surface area (Å²) in [5.74, 6) is -0.523. The highest BCUT2D eigenvalue weighted by molar-refractivity contribution is 5.72. The van der Waals surface area contributed by atoms with Gasteiger partial charge in [0.1, 0.15) is 19.4 Å². The molecule has 0 aliphatic rings. The molecule has 0 heterocycles. The zero-order valence-corrected chi connectivity index (χ0v) is 10.7. The van der Waals surface area contributed by atoms with E-state index in [0.717, 1.165) is 0 Å². The van der Waals surface area contributed by atoms with Crippen molar-refractivity contribution in [2.75, 3.05) is 13.3 Å². The Morgan fingerprint density at radius 2 is 1.71 bits per heavy atom. The monoisotopic (exact) mass is 248 g/mol. The predicted octanol–water partition coefficient (Wildman–Crippen LogP) is 2.26. The number of carbonyl (C=O) groups excluding carboxylic acids is 2. The van der Waals surface area contributed by atoms with Gasteiger partial charge in [0.15, 0.2) is 0 Å². The second kappa shape index (κ2) is 8.96. The lowest BCUT2D eigenvalue weighted by atomic mass is 10.1. The zero-order valence-electron chi connectivity index (χ0n) is 10.7. The molecule has 1 unspecified atom stereocenters. The molecule has 0 spiro atoms. The largest absolute Gasteiger partial charge is 0.463 e. The minimum atomic E-state index is -0.681. The van der Waals surface area contributed by atoms with Crippen molar-refractivity contribution in [3.8, 4) is 0 Å². The first-order valence-electron chi connectivity index (χ1n) is 5.88. The molecule has 0 bridgehead atoms. The van der Waals surface area contributed by atoms with Crippen LogP contribution in [0.1, 0.15) is 40.0 Å². The van der Waals surface area contributed by atoms with Crippen LogP contribution < -0.4 is 0 Å². The average molecular weight is 248 g/mol. The van der Waals surface area contributed by atoms with Gasteiger partial charge in [0, 0.05) is 12.8 Å². The van der Waals surface area contributed by atoms with Gasteiger partial charge >= 0.3 is 11.9 Å². The van der Waals surface area contributed by atoms with Crippen molar-refractivity contribution >= 4 is 11.9 Å². The third-order valence-corrected chi connectivity index (χ3v) is 2.36. The summed E-state index contributed by atoms with van der Waals surface area (Å²) in [5, 5.41) is 0. The molecule has 0 aliphatic carbocycles. The van der Waals surface area contributed by atoms with Gasteiger partial charge in [0.25, 0.3) is 0 Å². The van der Waals surface area contributed by atoms with Crippen LogP contribution >= 0.6 is 0 Å². The smallest absolute Gasteiger partial charge is 0.306 e. The van der Waals surface area contributed by atoms with Crippen LogP contribution in [0, 0.1) is 5.92 Å². The first-order valence-corrected chi connectivity index (χ1v) is 5.88. The number of esters is 2. The first kappa shape index (κ1) is 15.9. The molecule has 0 fully saturated rings. The molecule has 17 heavy (non-hydrogen) atoms. The number of halogens is 1. The highest BCUT2D eigenvalue weighted by Gasteiger charge is 2.13. The van der Waals surface area contributed by atoms with E-state index in [4.69, 9.17) is 4.74 Å². The van der Waals surface area contributed by atoms with E-state index in [1.54, 1.807) is 0 Å². The lowest BCUT2D eigenvalue weighted by molar-refractivity contribution is -0.150.